The van der Waals surface area contributed by atoms with Gasteiger partial charge in [-0.15, -0.1) is 11.6 Å². The van der Waals surface area contributed by atoms with Crippen LogP contribution in [-0.4, -0.2) is 14.7 Å². The van der Waals surface area contributed by atoms with Gasteiger partial charge in [0, 0.05) is 18.3 Å². The first-order chi connectivity index (χ1) is 8.10. The van der Waals surface area contributed by atoms with Crippen LogP contribution in [0.25, 0.3) is 5.69 Å². The fourth-order valence-electron chi connectivity index (χ4n) is 1.37. The number of aromatic nitrogens is 2. The second kappa shape index (κ2) is 4.50. The Morgan fingerprint density at radius 1 is 1.47 bits per heavy atom. The molecular weight excluding hydrogens is 249 g/mol. The maximum absolute atomic E-state index is 13.2. The summed E-state index contributed by atoms with van der Waals surface area (Å²) in [6.45, 7) is 0. The van der Waals surface area contributed by atoms with Gasteiger partial charge >= 0.3 is 0 Å². The Labute approximate surface area is 101 Å². The van der Waals surface area contributed by atoms with Gasteiger partial charge in [-0.25, -0.2) is 9.07 Å². The van der Waals surface area contributed by atoms with E-state index in [0.717, 1.165) is 12.1 Å². The Balaban J connectivity index is 2.47. The zero-order valence-corrected chi connectivity index (χ0v) is 9.26. The van der Waals surface area contributed by atoms with Crippen LogP contribution < -0.4 is 0 Å². The van der Waals surface area contributed by atoms with E-state index in [2.05, 4.69) is 5.10 Å². The summed E-state index contributed by atoms with van der Waals surface area (Å²) in [5.41, 5.74) is 0.578. The van der Waals surface area contributed by atoms with E-state index in [4.69, 9.17) is 11.6 Å². The number of non-ortho nitro benzene ring substituents is 1. The lowest BCUT2D eigenvalue weighted by Gasteiger charge is -2.01. The number of halogens is 2. The van der Waals surface area contributed by atoms with Crippen molar-refractivity contribution in [3.8, 4) is 5.69 Å². The van der Waals surface area contributed by atoms with E-state index in [0.29, 0.717) is 5.69 Å². The smallest absolute Gasteiger partial charge is 0.258 e. The van der Waals surface area contributed by atoms with Gasteiger partial charge in [0.1, 0.15) is 5.82 Å². The monoisotopic (exact) mass is 255 g/mol. The molecule has 88 valence electrons. The first-order valence-corrected chi connectivity index (χ1v) is 5.19. The SMILES string of the molecule is O=[N+]([O-])c1cc(F)cc(-n2ccc(CCl)n2)c1. The van der Waals surface area contributed by atoms with E-state index in [1.165, 1.54) is 10.7 Å². The Morgan fingerprint density at radius 2 is 2.24 bits per heavy atom. The Kier molecular flexibility index (Phi) is 3.06. The van der Waals surface area contributed by atoms with Gasteiger partial charge in [-0.1, -0.05) is 0 Å². The Bertz CT molecular complexity index is 570. The van der Waals surface area contributed by atoms with Crippen LogP contribution in [0, 0.1) is 15.9 Å². The van der Waals surface area contributed by atoms with Crippen LogP contribution in [-0.2, 0) is 5.88 Å². The molecule has 5 nitrogen and oxygen atoms in total. The molecule has 0 amide bonds. The van der Waals surface area contributed by atoms with Crippen LogP contribution in [0.15, 0.2) is 30.5 Å². The number of nitrogens with zero attached hydrogens (tertiary/aromatic N) is 3. The fourth-order valence-corrected chi connectivity index (χ4v) is 1.52. The number of nitro groups is 1. The molecule has 0 atom stereocenters. The van der Waals surface area contributed by atoms with Crippen molar-refractivity contribution in [3.63, 3.8) is 0 Å². The first-order valence-electron chi connectivity index (χ1n) is 4.66. The molecule has 1 heterocycles. The summed E-state index contributed by atoms with van der Waals surface area (Å²) in [5, 5.41) is 14.6. The van der Waals surface area contributed by atoms with Crippen LogP contribution in [0.1, 0.15) is 5.69 Å². The van der Waals surface area contributed by atoms with Crippen LogP contribution in [0.2, 0.25) is 0 Å². The average molecular weight is 256 g/mol. The van der Waals surface area contributed by atoms with Crippen LogP contribution >= 0.6 is 11.6 Å². The van der Waals surface area contributed by atoms with Gasteiger partial charge in [0.25, 0.3) is 5.69 Å². The molecule has 0 aliphatic heterocycles. The zero-order valence-electron chi connectivity index (χ0n) is 8.51. The van der Waals surface area contributed by atoms with Crippen molar-refractivity contribution in [1.29, 1.82) is 0 Å². The molecule has 2 rings (SSSR count). The van der Waals surface area contributed by atoms with E-state index in [9.17, 15) is 14.5 Å². The molecule has 0 aliphatic carbocycles. The molecule has 7 heteroatoms. The second-order valence-electron chi connectivity index (χ2n) is 3.31. The molecule has 0 bridgehead atoms. The van der Waals surface area contributed by atoms with Gasteiger partial charge < -0.3 is 0 Å². The summed E-state index contributed by atoms with van der Waals surface area (Å²) in [7, 11) is 0. The predicted molar refractivity (Wildman–Crippen MR) is 59.7 cm³/mol. The van der Waals surface area contributed by atoms with E-state index < -0.39 is 10.7 Å². The van der Waals surface area contributed by atoms with Crippen molar-refractivity contribution in [3.05, 3.63) is 52.1 Å². The number of hydrogen-bond donors (Lipinski definition) is 0. The highest BCUT2D eigenvalue weighted by Crippen LogP contribution is 2.19. The number of rotatable bonds is 3. The molecule has 0 N–H and O–H groups in total. The summed E-state index contributed by atoms with van der Waals surface area (Å²) in [6.07, 6.45) is 1.57. The van der Waals surface area contributed by atoms with Crippen molar-refractivity contribution in [1.82, 2.24) is 9.78 Å². The highest BCUT2D eigenvalue weighted by molar-refractivity contribution is 6.16. The maximum Gasteiger partial charge on any atom is 0.274 e. The lowest BCUT2D eigenvalue weighted by molar-refractivity contribution is -0.385. The standard InChI is InChI=1S/C10H7ClFN3O2/c11-6-8-1-2-14(13-8)9-3-7(12)4-10(5-9)15(16)17/h1-5H,6H2. The number of benzene rings is 1. The Hall–Kier alpha value is -1.95. The second-order valence-corrected chi connectivity index (χ2v) is 3.58. The molecule has 0 aliphatic rings. The number of nitro benzene ring substituents is 1. The summed E-state index contributed by atoms with van der Waals surface area (Å²) in [6, 6.07) is 4.92. The summed E-state index contributed by atoms with van der Waals surface area (Å²) in [5.74, 6) is -0.457. The molecule has 0 saturated heterocycles. The number of alkyl halides is 1. The number of hydrogen-bond acceptors (Lipinski definition) is 3. The van der Waals surface area contributed by atoms with Crippen molar-refractivity contribution >= 4 is 17.3 Å². The fraction of sp³-hybridized carbons (Fsp3) is 0.100. The predicted octanol–water partition coefficient (Wildman–Crippen LogP) is 2.66. The van der Waals surface area contributed by atoms with E-state index in [-0.39, 0.29) is 17.3 Å². The molecule has 0 radical (unpaired) electrons. The third kappa shape index (κ3) is 2.42. The normalized spacial score (nSPS) is 10.5. The maximum atomic E-state index is 13.2. The topological polar surface area (TPSA) is 61.0 Å². The molecule has 17 heavy (non-hydrogen) atoms. The van der Waals surface area contributed by atoms with E-state index >= 15 is 0 Å². The summed E-state index contributed by atoms with van der Waals surface area (Å²) < 4.78 is 14.5. The third-order valence-corrected chi connectivity index (χ3v) is 2.40. The van der Waals surface area contributed by atoms with Crippen molar-refractivity contribution in [2.24, 2.45) is 0 Å². The highest BCUT2D eigenvalue weighted by Gasteiger charge is 2.11. The molecule has 0 spiro atoms. The van der Waals surface area contributed by atoms with E-state index in [1.54, 1.807) is 12.3 Å². The van der Waals surface area contributed by atoms with Crippen LogP contribution in [0.4, 0.5) is 10.1 Å². The lowest BCUT2D eigenvalue weighted by atomic mass is 10.3. The van der Waals surface area contributed by atoms with E-state index in [1.807, 2.05) is 0 Å². The van der Waals surface area contributed by atoms with Gasteiger partial charge in [0.2, 0.25) is 0 Å². The minimum atomic E-state index is -0.683. The lowest BCUT2D eigenvalue weighted by Crippen LogP contribution is -1.98. The van der Waals surface area contributed by atoms with Gasteiger partial charge in [-0.05, 0) is 6.07 Å². The largest absolute Gasteiger partial charge is 0.274 e. The zero-order chi connectivity index (χ0) is 12.4. The molecule has 1 aromatic heterocycles. The first kappa shape index (κ1) is 11.5. The quantitative estimate of drug-likeness (QED) is 0.481. The minimum Gasteiger partial charge on any atom is -0.258 e. The van der Waals surface area contributed by atoms with Crippen molar-refractivity contribution in [2.75, 3.05) is 0 Å². The highest BCUT2D eigenvalue weighted by atomic mass is 35.5. The Morgan fingerprint density at radius 3 is 2.82 bits per heavy atom. The molecule has 0 unspecified atom stereocenters. The van der Waals surface area contributed by atoms with Gasteiger partial charge in [0.05, 0.1) is 28.3 Å². The minimum absolute atomic E-state index is 0.227. The van der Waals surface area contributed by atoms with Crippen molar-refractivity contribution in [2.45, 2.75) is 5.88 Å². The van der Waals surface area contributed by atoms with Crippen molar-refractivity contribution < 1.29 is 9.31 Å². The molecule has 2 aromatic rings. The molecule has 1 aromatic carbocycles. The van der Waals surface area contributed by atoms with Gasteiger partial charge in [-0.3, -0.25) is 10.1 Å². The molecule has 0 saturated carbocycles. The van der Waals surface area contributed by atoms with Crippen LogP contribution in [0.3, 0.4) is 0 Å². The summed E-state index contributed by atoms with van der Waals surface area (Å²) in [4.78, 5) is 9.93. The molecule has 0 fully saturated rings. The van der Waals surface area contributed by atoms with Crippen LogP contribution in [0.5, 0.6) is 0 Å². The average Bonchev–Trinajstić information content (AvgIpc) is 2.76. The van der Waals surface area contributed by atoms with Gasteiger partial charge in [0.15, 0.2) is 0 Å². The van der Waals surface area contributed by atoms with Gasteiger partial charge in [-0.2, -0.15) is 5.10 Å². The third-order valence-electron chi connectivity index (χ3n) is 2.12. The molecular formula is C10H7ClFN3O2. The summed E-state index contributed by atoms with van der Waals surface area (Å²) >= 11 is 5.58.